The van der Waals surface area contributed by atoms with Crippen LogP contribution in [0.15, 0.2) is 241 Å². The fraction of sp³-hybridized carbons (Fsp3) is 0.0351. The van der Waals surface area contributed by atoms with Crippen molar-refractivity contribution in [2.75, 3.05) is 0 Å². The van der Waals surface area contributed by atoms with Gasteiger partial charge in [-0.25, -0.2) is 24.9 Å². The van der Waals surface area contributed by atoms with Crippen LogP contribution in [0.25, 0.3) is 67.3 Å². The molecule has 5 heteroatoms. The van der Waals surface area contributed by atoms with Crippen LogP contribution in [0.2, 0.25) is 0 Å². The molecule has 296 valence electrons. The third-order valence-corrected chi connectivity index (χ3v) is 10.7. The quantitative estimate of drug-likeness (QED) is 0.0967. The second kappa shape index (κ2) is 18.4. The minimum atomic E-state index is 0.290. The Morgan fingerprint density at radius 2 is 0.661 bits per heavy atom. The predicted molar refractivity (Wildman–Crippen MR) is 257 cm³/mol. The van der Waals surface area contributed by atoms with Crippen molar-refractivity contribution in [1.82, 2.24) is 15.0 Å². The van der Waals surface area contributed by atoms with Crippen LogP contribution >= 0.6 is 0 Å². The molecular weight excluding hydrogens is 755 g/mol. The van der Waals surface area contributed by atoms with E-state index in [0.29, 0.717) is 35.4 Å². The first kappa shape index (κ1) is 39.3. The van der Waals surface area contributed by atoms with Crippen molar-refractivity contribution >= 4 is 11.5 Å². The van der Waals surface area contributed by atoms with E-state index in [-0.39, 0.29) is 0 Å². The third kappa shape index (κ3) is 9.33. The lowest BCUT2D eigenvalue weighted by Crippen LogP contribution is -2.07. The molecule has 0 saturated carbocycles. The molecule has 5 nitrogen and oxygen atoms in total. The number of hydrogen-bond donors (Lipinski definition) is 0. The molecule has 0 unspecified atom stereocenters. The molecule has 0 aliphatic carbocycles. The fourth-order valence-corrected chi connectivity index (χ4v) is 7.37. The van der Waals surface area contributed by atoms with Gasteiger partial charge >= 0.3 is 0 Å². The summed E-state index contributed by atoms with van der Waals surface area (Å²) < 4.78 is 0. The van der Waals surface area contributed by atoms with Gasteiger partial charge in [-0.2, -0.15) is 0 Å². The number of aromatic nitrogens is 3. The maximum atomic E-state index is 5.15. The van der Waals surface area contributed by atoms with Crippen molar-refractivity contribution in [2.45, 2.75) is 13.3 Å². The van der Waals surface area contributed by atoms with Gasteiger partial charge in [0.2, 0.25) is 0 Å². The number of hydrogen-bond acceptors (Lipinski definition) is 4. The van der Waals surface area contributed by atoms with Gasteiger partial charge in [-0.15, -0.1) is 0 Å². The Labute approximate surface area is 363 Å². The zero-order valence-corrected chi connectivity index (χ0v) is 34.4. The van der Waals surface area contributed by atoms with E-state index in [1.54, 1.807) is 0 Å². The molecule has 8 aromatic carbocycles. The Bertz CT molecular complexity index is 2880. The molecule has 9 rings (SSSR count). The van der Waals surface area contributed by atoms with E-state index in [1.807, 2.05) is 67.6 Å². The highest BCUT2D eigenvalue weighted by molar-refractivity contribution is 6.12. The molecule has 1 aromatic heterocycles. The average Bonchev–Trinajstić information content (AvgIpc) is 3.35. The van der Waals surface area contributed by atoms with E-state index in [0.717, 1.165) is 66.9 Å². The number of allylic oxidation sites excluding steroid dienone is 1. The van der Waals surface area contributed by atoms with E-state index in [4.69, 9.17) is 24.9 Å². The first-order valence-corrected chi connectivity index (χ1v) is 20.7. The number of benzene rings is 8. The first-order chi connectivity index (χ1) is 30.5. The zero-order valence-electron chi connectivity index (χ0n) is 34.4. The monoisotopic (exact) mass is 797 g/mol. The number of nitrogens with zero attached hydrogens (tertiary/aromatic N) is 5. The summed E-state index contributed by atoms with van der Waals surface area (Å²) in [5.41, 5.74) is 14.2. The lowest BCUT2D eigenvalue weighted by molar-refractivity contribution is 0.916. The van der Waals surface area contributed by atoms with Gasteiger partial charge in [-0.1, -0.05) is 225 Å². The Morgan fingerprint density at radius 1 is 0.355 bits per heavy atom. The van der Waals surface area contributed by atoms with Crippen molar-refractivity contribution in [3.8, 4) is 67.3 Å². The smallest absolute Gasteiger partial charge is 0.163 e. The van der Waals surface area contributed by atoms with Gasteiger partial charge in [0.1, 0.15) is 5.82 Å². The van der Waals surface area contributed by atoms with Crippen molar-refractivity contribution in [2.24, 2.45) is 9.98 Å². The van der Waals surface area contributed by atoms with Crippen LogP contribution in [-0.4, -0.2) is 26.5 Å². The van der Waals surface area contributed by atoms with Crippen LogP contribution < -0.4 is 0 Å². The molecule has 0 atom stereocenters. The molecule has 0 saturated heterocycles. The Balaban J connectivity index is 1.07. The summed E-state index contributed by atoms with van der Waals surface area (Å²) in [4.78, 5) is 25.3. The number of rotatable bonds is 11. The van der Waals surface area contributed by atoms with Crippen LogP contribution in [0.5, 0.6) is 0 Å². The lowest BCUT2D eigenvalue weighted by atomic mass is 10.0. The summed E-state index contributed by atoms with van der Waals surface area (Å²) in [5, 5.41) is 0. The van der Waals surface area contributed by atoms with Crippen molar-refractivity contribution in [3.05, 3.63) is 248 Å². The van der Waals surface area contributed by atoms with Crippen LogP contribution in [0, 0.1) is 0 Å². The summed E-state index contributed by atoms with van der Waals surface area (Å²) in [6.07, 6.45) is 0.290. The standard InChI is InChI=1S/C57H43N5/c1-40(58-55(51-33-27-48(28-34-51)44-17-9-4-10-18-44)59-41(2)42-23-25-47(26-24-42)43-15-7-3-8-16-43)39-54-60-56(52-35-29-49(30-36-52)45-19-11-5-12-20-45)62-57(61-54)53-37-31-50(32-38-53)46-21-13-6-14-22-46/h3-38H,1,39H2,2H3. The summed E-state index contributed by atoms with van der Waals surface area (Å²) in [5.74, 6) is 2.28. The highest BCUT2D eigenvalue weighted by atomic mass is 15.0. The SMILES string of the molecule is C=C(Cc1nc(-c2ccc(-c3ccccc3)cc2)nc(-c2ccc(-c3ccccc3)cc2)n1)N=C(N=C(C)c1ccc(-c2ccccc2)cc1)c1ccc(-c2ccccc2)cc1. The van der Waals surface area contributed by atoms with E-state index in [9.17, 15) is 0 Å². The zero-order chi connectivity index (χ0) is 42.1. The van der Waals surface area contributed by atoms with Crippen molar-refractivity contribution in [1.29, 1.82) is 0 Å². The second-order valence-electron chi connectivity index (χ2n) is 15.0. The van der Waals surface area contributed by atoms with Gasteiger partial charge < -0.3 is 0 Å². The Hall–Kier alpha value is -8.15. The molecular formula is C57H43N5. The lowest BCUT2D eigenvalue weighted by Gasteiger charge is -2.11. The first-order valence-electron chi connectivity index (χ1n) is 20.7. The normalized spacial score (nSPS) is 11.6. The maximum Gasteiger partial charge on any atom is 0.163 e. The number of amidine groups is 1. The summed E-state index contributed by atoms with van der Waals surface area (Å²) in [7, 11) is 0. The van der Waals surface area contributed by atoms with E-state index in [1.165, 1.54) is 5.56 Å². The largest absolute Gasteiger partial charge is 0.233 e. The van der Waals surface area contributed by atoms with Gasteiger partial charge in [-0.3, -0.25) is 0 Å². The minimum Gasteiger partial charge on any atom is -0.233 e. The molecule has 0 aliphatic heterocycles. The third-order valence-electron chi connectivity index (χ3n) is 10.7. The molecule has 0 radical (unpaired) electrons. The van der Waals surface area contributed by atoms with Gasteiger partial charge in [0.15, 0.2) is 17.5 Å². The van der Waals surface area contributed by atoms with Gasteiger partial charge in [0.25, 0.3) is 0 Å². The van der Waals surface area contributed by atoms with E-state index in [2.05, 4.69) is 164 Å². The average molecular weight is 798 g/mol. The Kier molecular flexibility index (Phi) is 11.7. The summed E-state index contributed by atoms with van der Waals surface area (Å²) in [6, 6.07) is 75.0. The van der Waals surface area contributed by atoms with Gasteiger partial charge in [0.05, 0.1) is 0 Å². The molecule has 9 aromatic rings. The molecule has 0 amide bonds. The van der Waals surface area contributed by atoms with E-state index >= 15 is 0 Å². The fourth-order valence-electron chi connectivity index (χ4n) is 7.37. The molecule has 0 aliphatic rings. The van der Waals surface area contributed by atoms with Crippen LogP contribution in [0.1, 0.15) is 23.9 Å². The van der Waals surface area contributed by atoms with Crippen LogP contribution in [0.3, 0.4) is 0 Å². The highest BCUT2D eigenvalue weighted by Crippen LogP contribution is 2.28. The molecule has 62 heavy (non-hydrogen) atoms. The topological polar surface area (TPSA) is 63.4 Å². The predicted octanol–water partition coefficient (Wildman–Crippen LogP) is 13.9. The van der Waals surface area contributed by atoms with Gasteiger partial charge in [-0.05, 0) is 57.0 Å². The van der Waals surface area contributed by atoms with Crippen LogP contribution in [-0.2, 0) is 6.42 Å². The summed E-state index contributed by atoms with van der Waals surface area (Å²) in [6.45, 7) is 6.46. The van der Waals surface area contributed by atoms with Crippen LogP contribution in [0.4, 0.5) is 0 Å². The Morgan fingerprint density at radius 3 is 1.03 bits per heavy atom. The molecule has 1 heterocycles. The molecule has 0 bridgehead atoms. The maximum absolute atomic E-state index is 5.15. The highest BCUT2D eigenvalue weighted by Gasteiger charge is 2.14. The summed E-state index contributed by atoms with van der Waals surface area (Å²) >= 11 is 0. The van der Waals surface area contributed by atoms with Gasteiger partial charge in [0, 0.05) is 34.5 Å². The molecule has 0 fully saturated rings. The molecule has 0 N–H and O–H groups in total. The molecule has 0 spiro atoms. The number of aliphatic imine (C=N–C) groups is 2. The minimum absolute atomic E-state index is 0.290. The van der Waals surface area contributed by atoms with Crippen molar-refractivity contribution in [3.63, 3.8) is 0 Å². The van der Waals surface area contributed by atoms with E-state index < -0.39 is 0 Å². The van der Waals surface area contributed by atoms with Crippen molar-refractivity contribution < 1.29 is 0 Å². The second-order valence-corrected chi connectivity index (χ2v) is 15.0.